The van der Waals surface area contributed by atoms with Crippen LogP contribution in [-0.2, 0) is 4.79 Å². The van der Waals surface area contributed by atoms with Gasteiger partial charge in [0, 0.05) is 11.6 Å². The zero-order valence-corrected chi connectivity index (χ0v) is 18.4. The standard InChI is InChI=1S/C26H28N2O3/c1-5-23(21-13-12-17(2)15-19(21)4)27-26(30)24(16-20-10-8-14-31-20)28-25(29)22-11-7-6-9-18(22)3/h6-16,23H,5H2,1-4H3,(H,27,30)(H,28,29)/b24-16-/t23-/m1/s1. The van der Waals surface area contributed by atoms with Gasteiger partial charge in [-0.1, -0.05) is 48.9 Å². The average molecular weight is 417 g/mol. The van der Waals surface area contributed by atoms with Crippen LogP contribution in [0.4, 0.5) is 0 Å². The van der Waals surface area contributed by atoms with Crippen molar-refractivity contribution in [2.45, 2.75) is 40.2 Å². The lowest BCUT2D eigenvalue weighted by molar-refractivity contribution is -0.118. The van der Waals surface area contributed by atoms with Crippen LogP contribution in [0.5, 0.6) is 0 Å². The Morgan fingerprint density at radius 1 is 1.00 bits per heavy atom. The van der Waals surface area contributed by atoms with Gasteiger partial charge < -0.3 is 15.1 Å². The summed E-state index contributed by atoms with van der Waals surface area (Å²) < 4.78 is 5.37. The zero-order chi connectivity index (χ0) is 22.4. The van der Waals surface area contributed by atoms with Gasteiger partial charge in [0.05, 0.1) is 12.3 Å². The highest BCUT2D eigenvalue weighted by atomic mass is 16.3. The van der Waals surface area contributed by atoms with Crippen molar-refractivity contribution >= 4 is 17.9 Å². The molecule has 1 heterocycles. The van der Waals surface area contributed by atoms with Crippen LogP contribution < -0.4 is 10.6 Å². The maximum Gasteiger partial charge on any atom is 0.268 e. The van der Waals surface area contributed by atoms with Crippen LogP contribution in [0.1, 0.15) is 57.8 Å². The molecular formula is C26H28N2O3. The quantitative estimate of drug-likeness (QED) is 0.517. The van der Waals surface area contributed by atoms with Gasteiger partial charge >= 0.3 is 0 Å². The predicted molar refractivity (Wildman–Crippen MR) is 122 cm³/mol. The van der Waals surface area contributed by atoms with E-state index < -0.39 is 0 Å². The molecule has 0 saturated heterocycles. The molecule has 0 fully saturated rings. The summed E-state index contributed by atoms with van der Waals surface area (Å²) in [6, 6.07) is 16.7. The Kier molecular flexibility index (Phi) is 7.08. The second kappa shape index (κ2) is 9.94. The SMILES string of the molecule is CC[C@@H](NC(=O)/C(=C/c1ccco1)NC(=O)c1ccccc1C)c1ccc(C)cc1C. The molecule has 3 aromatic rings. The van der Waals surface area contributed by atoms with E-state index in [-0.39, 0.29) is 23.6 Å². The summed E-state index contributed by atoms with van der Waals surface area (Å²) in [6.07, 6.45) is 3.78. The van der Waals surface area contributed by atoms with E-state index in [2.05, 4.69) is 16.7 Å². The number of rotatable bonds is 7. The van der Waals surface area contributed by atoms with Gasteiger partial charge in [-0.25, -0.2) is 0 Å². The number of hydrogen-bond donors (Lipinski definition) is 2. The molecule has 0 radical (unpaired) electrons. The molecule has 0 bridgehead atoms. The van der Waals surface area contributed by atoms with Crippen LogP contribution in [0, 0.1) is 20.8 Å². The molecule has 0 spiro atoms. The normalized spacial score (nSPS) is 12.3. The maximum atomic E-state index is 13.2. The summed E-state index contributed by atoms with van der Waals surface area (Å²) in [5, 5.41) is 5.83. The number of benzene rings is 2. The van der Waals surface area contributed by atoms with E-state index in [1.165, 1.54) is 11.8 Å². The van der Waals surface area contributed by atoms with Crippen molar-refractivity contribution < 1.29 is 14.0 Å². The summed E-state index contributed by atoms with van der Waals surface area (Å²) in [7, 11) is 0. The van der Waals surface area contributed by atoms with Crippen LogP contribution in [0.3, 0.4) is 0 Å². The van der Waals surface area contributed by atoms with Gasteiger partial charge in [-0.2, -0.15) is 0 Å². The Bertz CT molecular complexity index is 1100. The van der Waals surface area contributed by atoms with Crippen molar-refractivity contribution in [1.29, 1.82) is 0 Å². The smallest absolute Gasteiger partial charge is 0.268 e. The number of carbonyl (C=O) groups excluding carboxylic acids is 2. The Labute approximate surface area is 183 Å². The van der Waals surface area contributed by atoms with Crippen molar-refractivity contribution in [2.24, 2.45) is 0 Å². The van der Waals surface area contributed by atoms with E-state index in [4.69, 9.17) is 4.42 Å². The Balaban J connectivity index is 1.87. The molecule has 160 valence electrons. The average Bonchev–Trinajstić information content (AvgIpc) is 3.25. The van der Waals surface area contributed by atoms with E-state index in [9.17, 15) is 9.59 Å². The van der Waals surface area contributed by atoms with Gasteiger partial charge in [0.15, 0.2) is 0 Å². The summed E-state index contributed by atoms with van der Waals surface area (Å²) in [4.78, 5) is 26.1. The molecule has 2 N–H and O–H groups in total. The lowest BCUT2D eigenvalue weighted by Crippen LogP contribution is -2.37. The van der Waals surface area contributed by atoms with E-state index >= 15 is 0 Å². The van der Waals surface area contributed by atoms with Gasteiger partial charge in [0.25, 0.3) is 11.8 Å². The van der Waals surface area contributed by atoms with E-state index in [0.29, 0.717) is 11.3 Å². The van der Waals surface area contributed by atoms with E-state index in [1.54, 1.807) is 30.3 Å². The largest absolute Gasteiger partial charge is 0.465 e. The lowest BCUT2D eigenvalue weighted by atomic mass is 9.97. The molecule has 2 amide bonds. The molecule has 3 rings (SSSR count). The number of hydrogen-bond acceptors (Lipinski definition) is 3. The Morgan fingerprint density at radius 2 is 1.77 bits per heavy atom. The molecule has 0 aliphatic heterocycles. The Morgan fingerprint density at radius 3 is 2.42 bits per heavy atom. The van der Waals surface area contributed by atoms with Gasteiger partial charge in [0.1, 0.15) is 11.5 Å². The van der Waals surface area contributed by atoms with Gasteiger partial charge in [-0.05, 0) is 62.1 Å². The van der Waals surface area contributed by atoms with Crippen molar-refractivity contribution in [3.63, 3.8) is 0 Å². The van der Waals surface area contributed by atoms with Crippen LogP contribution >= 0.6 is 0 Å². The minimum absolute atomic E-state index is 0.131. The van der Waals surface area contributed by atoms with Crippen molar-refractivity contribution in [1.82, 2.24) is 10.6 Å². The van der Waals surface area contributed by atoms with Crippen LogP contribution in [0.25, 0.3) is 6.08 Å². The molecule has 5 heteroatoms. The number of carbonyl (C=O) groups is 2. The minimum atomic E-state index is -0.370. The number of aryl methyl sites for hydroxylation is 3. The van der Waals surface area contributed by atoms with Gasteiger partial charge in [0.2, 0.25) is 0 Å². The molecule has 0 saturated carbocycles. The molecular weight excluding hydrogens is 388 g/mol. The van der Waals surface area contributed by atoms with Gasteiger partial charge in [-0.3, -0.25) is 9.59 Å². The van der Waals surface area contributed by atoms with Crippen molar-refractivity contribution in [2.75, 3.05) is 0 Å². The first kappa shape index (κ1) is 22.1. The third kappa shape index (κ3) is 5.51. The molecule has 0 aliphatic rings. The number of furan rings is 1. The molecule has 2 aromatic carbocycles. The first-order valence-corrected chi connectivity index (χ1v) is 10.4. The van der Waals surface area contributed by atoms with Crippen molar-refractivity contribution in [3.05, 3.63) is 100 Å². The number of amides is 2. The highest BCUT2D eigenvalue weighted by Gasteiger charge is 2.20. The summed E-state index contributed by atoms with van der Waals surface area (Å²) in [5.74, 6) is -0.231. The third-order valence-electron chi connectivity index (χ3n) is 5.23. The topological polar surface area (TPSA) is 71.3 Å². The molecule has 0 unspecified atom stereocenters. The first-order chi connectivity index (χ1) is 14.9. The Hall–Kier alpha value is -3.60. The molecule has 31 heavy (non-hydrogen) atoms. The van der Waals surface area contributed by atoms with Crippen LogP contribution in [0.15, 0.2) is 71.0 Å². The molecule has 1 aromatic heterocycles. The fraction of sp³-hybridized carbons (Fsp3) is 0.231. The molecule has 5 nitrogen and oxygen atoms in total. The second-order valence-corrected chi connectivity index (χ2v) is 7.64. The van der Waals surface area contributed by atoms with Crippen LogP contribution in [-0.4, -0.2) is 11.8 Å². The highest BCUT2D eigenvalue weighted by molar-refractivity contribution is 6.05. The van der Waals surface area contributed by atoms with E-state index in [0.717, 1.165) is 23.1 Å². The summed E-state index contributed by atoms with van der Waals surface area (Å²) in [5.41, 5.74) is 4.83. The second-order valence-electron chi connectivity index (χ2n) is 7.64. The predicted octanol–water partition coefficient (Wildman–Crippen LogP) is 5.24. The van der Waals surface area contributed by atoms with E-state index in [1.807, 2.05) is 52.0 Å². The molecule has 0 aliphatic carbocycles. The number of nitrogens with one attached hydrogen (secondary N) is 2. The molecule has 1 atom stereocenters. The van der Waals surface area contributed by atoms with Gasteiger partial charge in [-0.15, -0.1) is 0 Å². The maximum absolute atomic E-state index is 13.2. The summed E-state index contributed by atoms with van der Waals surface area (Å²) in [6.45, 7) is 7.96. The van der Waals surface area contributed by atoms with Crippen molar-refractivity contribution in [3.8, 4) is 0 Å². The summed E-state index contributed by atoms with van der Waals surface area (Å²) >= 11 is 0. The third-order valence-corrected chi connectivity index (χ3v) is 5.23. The lowest BCUT2D eigenvalue weighted by Gasteiger charge is -2.21. The zero-order valence-electron chi connectivity index (χ0n) is 18.4. The highest BCUT2D eigenvalue weighted by Crippen LogP contribution is 2.22. The first-order valence-electron chi connectivity index (χ1n) is 10.4. The minimum Gasteiger partial charge on any atom is -0.465 e. The fourth-order valence-corrected chi connectivity index (χ4v) is 3.54. The monoisotopic (exact) mass is 416 g/mol. The fourth-order valence-electron chi connectivity index (χ4n) is 3.54. The van der Waals surface area contributed by atoms with Crippen LogP contribution in [0.2, 0.25) is 0 Å².